The molecule has 0 radical (unpaired) electrons. The normalized spacial score (nSPS) is 20.2. The second kappa shape index (κ2) is 4.74. The van der Waals surface area contributed by atoms with Crippen LogP contribution in [0.3, 0.4) is 0 Å². The van der Waals surface area contributed by atoms with Gasteiger partial charge in [0.25, 0.3) is 0 Å². The highest BCUT2D eigenvalue weighted by Crippen LogP contribution is 2.14. The highest BCUT2D eigenvalue weighted by atomic mass is 79.9. The number of amides is 1. The molecule has 1 aliphatic heterocycles. The van der Waals surface area contributed by atoms with E-state index in [4.69, 9.17) is 0 Å². The predicted molar refractivity (Wildman–Crippen MR) is 62.6 cm³/mol. The van der Waals surface area contributed by atoms with Crippen molar-refractivity contribution >= 4 is 27.5 Å². The van der Waals surface area contributed by atoms with E-state index in [9.17, 15) is 4.79 Å². The molecule has 0 aliphatic carbocycles. The van der Waals surface area contributed by atoms with Gasteiger partial charge in [-0.3, -0.25) is 10.1 Å². The number of rotatable bonds is 2. The van der Waals surface area contributed by atoms with E-state index in [2.05, 4.69) is 31.9 Å². The predicted octanol–water partition coefficient (Wildman–Crippen LogP) is 0.906. The van der Waals surface area contributed by atoms with Gasteiger partial charge in [0.1, 0.15) is 6.04 Å². The molecule has 1 aromatic carbocycles. The van der Waals surface area contributed by atoms with E-state index in [0.29, 0.717) is 13.2 Å². The van der Waals surface area contributed by atoms with Gasteiger partial charge in [0.15, 0.2) is 0 Å². The van der Waals surface area contributed by atoms with E-state index < -0.39 is 0 Å². The van der Waals surface area contributed by atoms with Crippen molar-refractivity contribution in [2.45, 2.75) is 6.04 Å². The van der Waals surface area contributed by atoms with Crippen LogP contribution in [0.4, 0.5) is 5.69 Å². The van der Waals surface area contributed by atoms with Crippen LogP contribution in [0.1, 0.15) is 0 Å². The summed E-state index contributed by atoms with van der Waals surface area (Å²) in [5.41, 5.74) is 0.817. The zero-order valence-corrected chi connectivity index (χ0v) is 9.67. The van der Waals surface area contributed by atoms with Gasteiger partial charge in [-0.05, 0) is 24.3 Å². The molecular formula is C10H12BrN3O. The second-order valence-electron chi connectivity index (χ2n) is 3.38. The lowest BCUT2D eigenvalue weighted by Crippen LogP contribution is -2.37. The van der Waals surface area contributed by atoms with Crippen molar-refractivity contribution < 1.29 is 4.79 Å². The van der Waals surface area contributed by atoms with Crippen LogP contribution in [-0.2, 0) is 4.79 Å². The quantitative estimate of drug-likeness (QED) is 0.748. The van der Waals surface area contributed by atoms with Crippen molar-refractivity contribution in [1.82, 2.24) is 10.6 Å². The molecule has 1 heterocycles. The fraction of sp³-hybridized carbons (Fsp3) is 0.300. The first-order valence-corrected chi connectivity index (χ1v) is 5.55. The Morgan fingerprint density at radius 2 is 2.13 bits per heavy atom. The second-order valence-corrected chi connectivity index (χ2v) is 4.30. The van der Waals surface area contributed by atoms with Crippen molar-refractivity contribution in [1.29, 1.82) is 0 Å². The van der Waals surface area contributed by atoms with Gasteiger partial charge >= 0.3 is 0 Å². The van der Waals surface area contributed by atoms with E-state index in [1.807, 2.05) is 24.3 Å². The van der Waals surface area contributed by atoms with E-state index in [-0.39, 0.29) is 11.9 Å². The standard InChI is InChI=1S/C10H12BrN3O/c11-7-1-3-8(4-2-7)14-10(15)9-5-12-6-13-9/h1-4,9,12-13H,5-6H2,(H,14,15). The van der Waals surface area contributed by atoms with Gasteiger partial charge in [0.2, 0.25) is 5.91 Å². The number of nitrogens with one attached hydrogen (secondary N) is 3. The van der Waals surface area contributed by atoms with E-state index in [1.54, 1.807) is 0 Å². The van der Waals surface area contributed by atoms with Crippen LogP contribution in [0.15, 0.2) is 28.7 Å². The van der Waals surface area contributed by atoms with E-state index in [1.165, 1.54) is 0 Å². The summed E-state index contributed by atoms with van der Waals surface area (Å²) >= 11 is 3.34. The Bertz CT molecular complexity index is 346. The smallest absolute Gasteiger partial charge is 0.242 e. The first-order chi connectivity index (χ1) is 7.25. The van der Waals surface area contributed by atoms with Crippen molar-refractivity contribution in [3.63, 3.8) is 0 Å². The first kappa shape index (κ1) is 10.6. The maximum Gasteiger partial charge on any atom is 0.242 e. The highest BCUT2D eigenvalue weighted by molar-refractivity contribution is 9.10. The molecule has 80 valence electrons. The fourth-order valence-electron chi connectivity index (χ4n) is 1.43. The van der Waals surface area contributed by atoms with Gasteiger partial charge in [-0.2, -0.15) is 0 Å². The molecule has 1 fully saturated rings. The number of hydrogen-bond donors (Lipinski definition) is 3. The largest absolute Gasteiger partial charge is 0.325 e. The van der Waals surface area contributed by atoms with Crippen LogP contribution in [0.2, 0.25) is 0 Å². The van der Waals surface area contributed by atoms with E-state index >= 15 is 0 Å². The molecule has 0 bridgehead atoms. The molecule has 1 atom stereocenters. The summed E-state index contributed by atoms with van der Waals surface area (Å²) < 4.78 is 1.00. The summed E-state index contributed by atoms with van der Waals surface area (Å²) in [5, 5.41) is 8.97. The average Bonchev–Trinajstić information content (AvgIpc) is 2.74. The molecule has 1 aliphatic rings. The lowest BCUT2D eigenvalue weighted by Gasteiger charge is -2.10. The van der Waals surface area contributed by atoms with Gasteiger partial charge in [-0.1, -0.05) is 15.9 Å². The van der Waals surface area contributed by atoms with Crippen LogP contribution in [0.5, 0.6) is 0 Å². The molecule has 5 heteroatoms. The van der Waals surface area contributed by atoms with Crippen molar-refractivity contribution in [3.05, 3.63) is 28.7 Å². The number of carbonyl (C=O) groups excluding carboxylic acids is 1. The van der Waals surface area contributed by atoms with Crippen LogP contribution in [0.25, 0.3) is 0 Å². The first-order valence-electron chi connectivity index (χ1n) is 4.76. The van der Waals surface area contributed by atoms with Crippen LogP contribution < -0.4 is 16.0 Å². The summed E-state index contributed by atoms with van der Waals surface area (Å²) in [4.78, 5) is 11.7. The van der Waals surface area contributed by atoms with Crippen molar-refractivity contribution in [2.75, 3.05) is 18.5 Å². The Hall–Kier alpha value is -0.910. The molecule has 1 amide bonds. The minimum absolute atomic E-state index is 0.00215. The fourth-order valence-corrected chi connectivity index (χ4v) is 1.70. The summed E-state index contributed by atoms with van der Waals surface area (Å²) in [6, 6.07) is 7.40. The molecule has 1 saturated heterocycles. The Morgan fingerprint density at radius 3 is 2.73 bits per heavy atom. The minimum atomic E-state index is -0.131. The Kier molecular flexibility index (Phi) is 3.35. The summed E-state index contributed by atoms with van der Waals surface area (Å²) in [6.07, 6.45) is 0. The van der Waals surface area contributed by atoms with Crippen LogP contribution in [-0.4, -0.2) is 25.2 Å². The molecule has 1 aromatic rings. The minimum Gasteiger partial charge on any atom is -0.325 e. The average molecular weight is 270 g/mol. The topological polar surface area (TPSA) is 53.2 Å². The monoisotopic (exact) mass is 269 g/mol. The number of benzene rings is 1. The Balaban J connectivity index is 1.96. The lowest BCUT2D eigenvalue weighted by molar-refractivity contribution is -0.117. The van der Waals surface area contributed by atoms with Gasteiger partial charge in [0.05, 0.1) is 0 Å². The molecular weight excluding hydrogens is 258 g/mol. The number of carbonyl (C=O) groups is 1. The third-order valence-corrected chi connectivity index (χ3v) is 2.78. The van der Waals surface area contributed by atoms with E-state index in [0.717, 1.165) is 10.2 Å². The zero-order chi connectivity index (χ0) is 10.7. The number of hydrogen-bond acceptors (Lipinski definition) is 3. The summed E-state index contributed by atoms with van der Waals surface area (Å²) in [5.74, 6) is 0.00215. The van der Waals surface area contributed by atoms with Crippen LogP contribution >= 0.6 is 15.9 Å². The van der Waals surface area contributed by atoms with Gasteiger partial charge in [-0.25, -0.2) is 0 Å². The van der Waals surface area contributed by atoms with Gasteiger partial charge in [0, 0.05) is 23.4 Å². The molecule has 0 spiro atoms. The Labute approximate surface area is 96.6 Å². The SMILES string of the molecule is O=C(Nc1ccc(Br)cc1)C1CNCN1. The maximum atomic E-state index is 11.7. The Morgan fingerprint density at radius 1 is 1.40 bits per heavy atom. The molecule has 1 unspecified atom stereocenters. The van der Waals surface area contributed by atoms with Crippen LogP contribution in [0, 0.1) is 0 Å². The third-order valence-electron chi connectivity index (χ3n) is 2.25. The number of halogens is 1. The summed E-state index contributed by atoms with van der Waals surface area (Å²) in [6.45, 7) is 1.38. The molecule has 0 saturated carbocycles. The molecule has 4 nitrogen and oxygen atoms in total. The molecule has 3 N–H and O–H groups in total. The maximum absolute atomic E-state index is 11.7. The lowest BCUT2D eigenvalue weighted by atomic mass is 10.2. The molecule has 2 rings (SSSR count). The molecule has 0 aromatic heterocycles. The van der Waals surface area contributed by atoms with Gasteiger partial charge in [-0.15, -0.1) is 0 Å². The van der Waals surface area contributed by atoms with Gasteiger partial charge < -0.3 is 10.6 Å². The number of anilines is 1. The summed E-state index contributed by atoms with van der Waals surface area (Å²) in [7, 11) is 0. The van der Waals surface area contributed by atoms with Crippen molar-refractivity contribution in [3.8, 4) is 0 Å². The third kappa shape index (κ3) is 2.77. The zero-order valence-electron chi connectivity index (χ0n) is 8.09. The highest BCUT2D eigenvalue weighted by Gasteiger charge is 2.21. The van der Waals surface area contributed by atoms with Crippen molar-refractivity contribution in [2.24, 2.45) is 0 Å². The molecule has 15 heavy (non-hydrogen) atoms.